The third-order valence-corrected chi connectivity index (χ3v) is 5.38. The minimum atomic E-state index is 1.03. The Hall–Kier alpha value is -2.35. The van der Waals surface area contributed by atoms with Gasteiger partial charge in [0.1, 0.15) is 5.82 Å². The van der Waals surface area contributed by atoms with Gasteiger partial charge in [-0.1, -0.05) is 119 Å². The van der Waals surface area contributed by atoms with Crippen molar-refractivity contribution >= 4 is 0 Å². The molecule has 0 bridgehead atoms. The van der Waals surface area contributed by atoms with E-state index in [1.165, 1.54) is 68.9 Å². The molecule has 0 amide bonds. The molecule has 2 aromatic carbocycles. The Morgan fingerprint density at radius 1 is 0.643 bits per heavy atom. The minimum absolute atomic E-state index is 1.03. The van der Waals surface area contributed by atoms with Crippen LogP contribution in [0.4, 0.5) is 0 Å². The summed E-state index contributed by atoms with van der Waals surface area (Å²) in [6.45, 7) is 2.28. The third-order valence-electron chi connectivity index (χ3n) is 5.38. The second kappa shape index (κ2) is 11.5. The summed E-state index contributed by atoms with van der Waals surface area (Å²) in [6, 6.07) is 21.1. The van der Waals surface area contributed by atoms with E-state index in [1.54, 1.807) is 0 Å². The summed E-state index contributed by atoms with van der Waals surface area (Å²) in [5.74, 6) is 1.11. The maximum Gasteiger partial charge on any atom is 0.107 e. The smallest absolute Gasteiger partial charge is 0.107 e. The Morgan fingerprint density at radius 2 is 1.18 bits per heavy atom. The Labute approximate surface area is 170 Å². The van der Waals surface area contributed by atoms with Crippen molar-refractivity contribution in [3.05, 3.63) is 66.5 Å². The zero-order valence-corrected chi connectivity index (χ0v) is 17.3. The largest absolute Gasteiger partial charge is 0.341 e. The minimum Gasteiger partial charge on any atom is -0.341 e. The van der Waals surface area contributed by atoms with Crippen molar-refractivity contribution < 1.29 is 0 Å². The van der Waals surface area contributed by atoms with Crippen molar-refractivity contribution in [1.82, 2.24) is 9.97 Å². The van der Waals surface area contributed by atoms with Crippen LogP contribution in [0.5, 0.6) is 0 Å². The Balaban J connectivity index is 1.56. The van der Waals surface area contributed by atoms with Crippen LogP contribution in [-0.4, -0.2) is 9.97 Å². The van der Waals surface area contributed by atoms with Crippen LogP contribution in [0.2, 0.25) is 0 Å². The van der Waals surface area contributed by atoms with Gasteiger partial charge in [0, 0.05) is 17.5 Å². The molecule has 0 saturated heterocycles. The standard InChI is InChI=1S/C26H34N2/c1-2-3-4-5-6-7-8-9-16-21-24-27-25(22-17-12-10-13-18-22)26(28-24)23-19-14-11-15-20-23/h10-15,17-20H,2-9,16,21H2,1H3,(H,27,28). The number of rotatable bonds is 12. The predicted molar refractivity (Wildman–Crippen MR) is 120 cm³/mol. The molecule has 0 unspecified atom stereocenters. The average Bonchev–Trinajstić information content (AvgIpc) is 3.18. The Bertz CT molecular complexity index is 733. The maximum absolute atomic E-state index is 4.97. The number of aryl methyl sites for hydroxylation is 1. The summed E-state index contributed by atoms with van der Waals surface area (Å²) >= 11 is 0. The van der Waals surface area contributed by atoms with Crippen molar-refractivity contribution in [3.63, 3.8) is 0 Å². The molecule has 0 aliphatic carbocycles. The molecule has 0 aliphatic rings. The molecule has 0 spiro atoms. The number of benzene rings is 2. The molecule has 0 atom stereocenters. The lowest BCUT2D eigenvalue weighted by atomic mass is 10.1. The van der Waals surface area contributed by atoms with Gasteiger partial charge in [-0.25, -0.2) is 4.98 Å². The van der Waals surface area contributed by atoms with Crippen molar-refractivity contribution in [2.24, 2.45) is 0 Å². The predicted octanol–water partition coefficient (Wildman–Crippen LogP) is 7.82. The first-order valence-electron chi connectivity index (χ1n) is 11.1. The number of aromatic amines is 1. The van der Waals surface area contributed by atoms with Gasteiger partial charge in [0.25, 0.3) is 0 Å². The van der Waals surface area contributed by atoms with Crippen LogP contribution >= 0.6 is 0 Å². The van der Waals surface area contributed by atoms with E-state index < -0.39 is 0 Å². The molecule has 148 valence electrons. The van der Waals surface area contributed by atoms with Crippen molar-refractivity contribution in [3.8, 4) is 22.5 Å². The SMILES string of the molecule is CCCCCCCCCCCc1nc(-c2ccccc2)c(-c2ccccc2)[nH]1. The normalized spacial score (nSPS) is 11.0. The number of aromatic nitrogens is 2. The zero-order valence-electron chi connectivity index (χ0n) is 17.3. The van der Waals surface area contributed by atoms with E-state index in [1.807, 2.05) is 0 Å². The van der Waals surface area contributed by atoms with Crippen LogP contribution in [0.15, 0.2) is 60.7 Å². The van der Waals surface area contributed by atoms with Gasteiger partial charge in [-0.05, 0) is 6.42 Å². The van der Waals surface area contributed by atoms with E-state index in [4.69, 9.17) is 4.98 Å². The first-order valence-corrected chi connectivity index (χ1v) is 11.1. The molecule has 1 heterocycles. The zero-order chi connectivity index (χ0) is 19.4. The first-order chi connectivity index (χ1) is 13.9. The number of imidazole rings is 1. The van der Waals surface area contributed by atoms with E-state index in [0.717, 1.165) is 23.6 Å². The molecule has 1 N–H and O–H groups in total. The lowest BCUT2D eigenvalue weighted by molar-refractivity contribution is 0.562. The van der Waals surface area contributed by atoms with Gasteiger partial charge in [0.2, 0.25) is 0 Å². The van der Waals surface area contributed by atoms with Gasteiger partial charge in [0.05, 0.1) is 11.4 Å². The fourth-order valence-corrected chi connectivity index (χ4v) is 3.76. The molecule has 1 aromatic heterocycles. The van der Waals surface area contributed by atoms with Crippen LogP contribution in [0, 0.1) is 0 Å². The number of nitrogens with one attached hydrogen (secondary N) is 1. The highest BCUT2D eigenvalue weighted by Gasteiger charge is 2.13. The summed E-state index contributed by atoms with van der Waals surface area (Å²) in [4.78, 5) is 8.58. The van der Waals surface area contributed by atoms with Gasteiger partial charge in [0.15, 0.2) is 0 Å². The molecule has 0 aliphatic heterocycles. The van der Waals surface area contributed by atoms with E-state index in [-0.39, 0.29) is 0 Å². The lowest BCUT2D eigenvalue weighted by Crippen LogP contribution is -1.89. The highest BCUT2D eigenvalue weighted by molar-refractivity contribution is 5.78. The first kappa shape index (κ1) is 20.4. The summed E-state index contributed by atoms with van der Waals surface area (Å²) in [6.07, 6.45) is 13.2. The van der Waals surface area contributed by atoms with Gasteiger partial charge in [-0.3, -0.25) is 0 Å². The fraction of sp³-hybridized carbons (Fsp3) is 0.423. The topological polar surface area (TPSA) is 28.7 Å². The molecule has 2 nitrogen and oxygen atoms in total. The van der Waals surface area contributed by atoms with E-state index in [9.17, 15) is 0 Å². The third kappa shape index (κ3) is 6.09. The Kier molecular flexibility index (Phi) is 8.36. The van der Waals surface area contributed by atoms with E-state index in [2.05, 4.69) is 72.6 Å². The number of hydrogen-bond donors (Lipinski definition) is 1. The van der Waals surface area contributed by atoms with Crippen LogP contribution in [0.25, 0.3) is 22.5 Å². The number of nitrogens with zero attached hydrogens (tertiary/aromatic N) is 1. The highest BCUT2D eigenvalue weighted by Crippen LogP contribution is 2.30. The molecule has 2 heteroatoms. The lowest BCUT2D eigenvalue weighted by Gasteiger charge is -2.02. The Morgan fingerprint density at radius 3 is 1.79 bits per heavy atom. The van der Waals surface area contributed by atoms with Gasteiger partial charge in [-0.2, -0.15) is 0 Å². The second-order valence-corrected chi connectivity index (χ2v) is 7.72. The van der Waals surface area contributed by atoms with Crippen molar-refractivity contribution in [2.75, 3.05) is 0 Å². The molecule has 3 aromatic rings. The second-order valence-electron chi connectivity index (χ2n) is 7.72. The van der Waals surface area contributed by atoms with E-state index in [0.29, 0.717) is 0 Å². The fourth-order valence-electron chi connectivity index (χ4n) is 3.76. The van der Waals surface area contributed by atoms with Gasteiger partial charge in [-0.15, -0.1) is 0 Å². The molecular formula is C26H34N2. The number of H-pyrrole nitrogens is 1. The van der Waals surface area contributed by atoms with Crippen LogP contribution < -0.4 is 0 Å². The number of hydrogen-bond acceptors (Lipinski definition) is 1. The van der Waals surface area contributed by atoms with Crippen molar-refractivity contribution in [2.45, 2.75) is 71.1 Å². The van der Waals surface area contributed by atoms with E-state index >= 15 is 0 Å². The summed E-state index contributed by atoms with van der Waals surface area (Å²) < 4.78 is 0. The van der Waals surface area contributed by atoms with Gasteiger partial charge >= 0.3 is 0 Å². The molecule has 0 fully saturated rings. The van der Waals surface area contributed by atoms with Gasteiger partial charge < -0.3 is 4.98 Å². The average molecular weight is 375 g/mol. The van der Waals surface area contributed by atoms with Crippen LogP contribution in [0.3, 0.4) is 0 Å². The molecule has 0 saturated carbocycles. The molecule has 3 rings (SSSR count). The number of unbranched alkanes of at least 4 members (excludes halogenated alkanes) is 8. The van der Waals surface area contributed by atoms with Crippen LogP contribution in [0.1, 0.15) is 70.5 Å². The van der Waals surface area contributed by atoms with Crippen LogP contribution in [-0.2, 0) is 6.42 Å². The van der Waals surface area contributed by atoms with Crippen molar-refractivity contribution in [1.29, 1.82) is 0 Å². The monoisotopic (exact) mass is 374 g/mol. The molecule has 28 heavy (non-hydrogen) atoms. The maximum atomic E-state index is 4.97. The highest BCUT2D eigenvalue weighted by atomic mass is 14.9. The summed E-state index contributed by atoms with van der Waals surface area (Å²) in [5.41, 5.74) is 4.58. The molecular weight excluding hydrogens is 340 g/mol. The quantitative estimate of drug-likeness (QED) is 0.322. The molecule has 0 radical (unpaired) electrons. The summed E-state index contributed by atoms with van der Waals surface area (Å²) in [7, 11) is 0. The summed E-state index contributed by atoms with van der Waals surface area (Å²) in [5, 5.41) is 0.